The molecule has 0 rings (SSSR count). The van der Waals surface area contributed by atoms with Crippen molar-refractivity contribution in [1.82, 2.24) is 0 Å². The molecule has 0 aromatic heterocycles. The lowest BCUT2D eigenvalue weighted by Crippen LogP contribution is -2.13. The lowest BCUT2D eigenvalue weighted by molar-refractivity contribution is -0.145. The van der Waals surface area contributed by atoms with Gasteiger partial charge in [-0.15, -0.1) is 0 Å². The molecule has 78 valence electrons. The van der Waals surface area contributed by atoms with Crippen LogP contribution in [0.3, 0.4) is 0 Å². The van der Waals surface area contributed by atoms with Crippen molar-refractivity contribution in [3.05, 3.63) is 0 Å². The van der Waals surface area contributed by atoms with Crippen molar-refractivity contribution >= 4 is 13.6 Å². The highest BCUT2D eigenvalue weighted by molar-refractivity contribution is 7.53. The normalized spacial score (nSPS) is 11.8. The van der Waals surface area contributed by atoms with Gasteiger partial charge in [0.2, 0.25) is 0 Å². The van der Waals surface area contributed by atoms with Gasteiger partial charge in [-0.3, -0.25) is 9.36 Å². The third-order valence-corrected chi connectivity index (χ3v) is 2.95. The molecule has 0 saturated carbocycles. The molecular weight excluding hydrogens is 195 g/mol. The van der Waals surface area contributed by atoms with E-state index in [0.717, 1.165) is 0 Å². The van der Waals surface area contributed by atoms with Crippen molar-refractivity contribution in [2.24, 2.45) is 5.92 Å². The van der Waals surface area contributed by atoms with Crippen molar-refractivity contribution in [3.8, 4) is 0 Å². The summed E-state index contributed by atoms with van der Waals surface area (Å²) >= 11 is 0. The highest BCUT2D eigenvalue weighted by Crippen LogP contribution is 2.46. The molecule has 0 radical (unpaired) electrons. The molecule has 0 aromatic rings. The summed E-state index contributed by atoms with van der Waals surface area (Å²) in [6.07, 6.45) is -0.336. The molecule has 6 heteroatoms. The second-order valence-corrected chi connectivity index (χ2v) is 4.93. The monoisotopic (exact) mass is 210 g/mol. The number of hydrogen-bond acceptors (Lipinski definition) is 5. The minimum atomic E-state index is -3.22. The van der Waals surface area contributed by atoms with Crippen LogP contribution in [-0.4, -0.2) is 26.5 Å². The van der Waals surface area contributed by atoms with Crippen LogP contribution in [0.15, 0.2) is 0 Å². The van der Waals surface area contributed by atoms with E-state index in [1.165, 1.54) is 14.2 Å². The van der Waals surface area contributed by atoms with Crippen LogP contribution in [0.4, 0.5) is 0 Å². The fraction of sp³-hybridized carbons (Fsp3) is 0.857. The van der Waals surface area contributed by atoms with Crippen LogP contribution in [-0.2, 0) is 23.1 Å². The van der Waals surface area contributed by atoms with Crippen molar-refractivity contribution in [3.63, 3.8) is 0 Å². The molecule has 0 spiro atoms. The maximum absolute atomic E-state index is 11.4. The quantitative estimate of drug-likeness (QED) is 0.509. The highest BCUT2D eigenvalue weighted by Gasteiger charge is 2.24. The SMILES string of the molecule is COP(=O)(COC(=O)C(C)C)OC. The first kappa shape index (κ1) is 12.6. The number of carbonyl (C=O) groups is 1. The van der Waals surface area contributed by atoms with E-state index in [1.54, 1.807) is 13.8 Å². The van der Waals surface area contributed by atoms with Gasteiger partial charge in [0.15, 0.2) is 6.35 Å². The summed E-state index contributed by atoms with van der Waals surface area (Å²) in [5.74, 6) is -0.670. The maximum Gasteiger partial charge on any atom is 0.367 e. The number of hydrogen-bond donors (Lipinski definition) is 0. The first-order chi connectivity index (χ1) is 5.95. The Hall–Kier alpha value is -0.380. The average Bonchev–Trinajstić information content (AvgIpc) is 2.13. The molecule has 13 heavy (non-hydrogen) atoms. The van der Waals surface area contributed by atoms with Crippen LogP contribution in [0.5, 0.6) is 0 Å². The molecule has 0 atom stereocenters. The molecule has 0 aromatic carbocycles. The second-order valence-electron chi connectivity index (χ2n) is 2.72. The predicted molar refractivity (Wildman–Crippen MR) is 47.4 cm³/mol. The van der Waals surface area contributed by atoms with Gasteiger partial charge in [0.25, 0.3) is 0 Å². The Balaban J connectivity index is 4.01. The van der Waals surface area contributed by atoms with E-state index >= 15 is 0 Å². The van der Waals surface area contributed by atoms with Gasteiger partial charge in [-0.05, 0) is 0 Å². The fourth-order valence-corrected chi connectivity index (χ4v) is 1.13. The standard InChI is InChI=1S/C7H15O5P/c1-6(2)7(8)12-5-13(9,10-3)11-4/h6H,5H2,1-4H3. The second kappa shape index (κ2) is 5.37. The van der Waals surface area contributed by atoms with Gasteiger partial charge in [0, 0.05) is 14.2 Å². The lowest BCUT2D eigenvalue weighted by Gasteiger charge is -2.14. The molecule has 0 aliphatic rings. The summed E-state index contributed by atoms with van der Waals surface area (Å²) in [5.41, 5.74) is 0. The third kappa shape index (κ3) is 4.41. The number of carbonyl (C=O) groups excluding carboxylic acids is 1. The van der Waals surface area contributed by atoms with Crippen molar-refractivity contribution in [2.75, 3.05) is 20.6 Å². The van der Waals surface area contributed by atoms with Crippen LogP contribution >= 0.6 is 7.60 Å². The molecular formula is C7H15O5P. The molecule has 0 N–H and O–H groups in total. The van der Waals surface area contributed by atoms with Crippen LogP contribution in [0.1, 0.15) is 13.8 Å². The largest absolute Gasteiger partial charge is 0.452 e. The van der Waals surface area contributed by atoms with Crippen molar-refractivity contribution in [2.45, 2.75) is 13.8 Å². The Kier molecular flexibility index (Phi) is 5.21. The molecule has 0 aliphatic carbocycles. The third-order valence-electron chi connectivity index (χ3n) is 1.39. The van der Waals surface area contributed by atoms with Crippen molar-refractivity contribution < 1.29 is 23.1 Å². The van der Waals surface area contributed by atoms with E-state index in [0.29, 0.717) is 0 Å². The zero-order valence-corrected chi connectivity index (χ0v) is 9.17. The predicted octanol–water partition coefficient (Wildman–Crippen LogP) is 1.63. The van der Waals surface area contributed by atoms with Crippen molar-refractivity contribution in [1.29, 1.82) is 0 Å². The van der Waals surface area contributed by atoms with E-state index in [9.17, 15) is 9.36 Å². The lowest BCUT2D eigenvalue weighted by atomic mass is 10.2. The molecule has 0 amide bonds. The van der Waals surface area contributed by atoms with E-state index in [-0.39, 0.29) is 12.3 Å². The topological polar surface area (TPSA) is 61.8 Å². The maximum atomic E-state index is 11.4. The molecule has 5 nitrogen and oxygen atoms in total. The van der Waals surface area contributed by atoms with Gasteiger partial charge < -0.3 is 13.8 Å². The Bertz CT molecular complexity index is 205. The molecule has 0 heterocycles. The summed E-state index contributed by atoms with van der Waals surface area (Å²) in [4.78, 5) is 11.0. The van der Waals surface area contributed by atoms with Gasteiger partial charge in [-0.1, -0.05) is 13.8 Å². The van der Waals surface area contributed by atoms with Crippen LogP contribution in [0.2, 0.25) is 0 Å². The summed E-state index contributed by atoms with van der Waals surface area (Å²) < 4.78 is 25.2. The Morgan fingerprint density at radius 3 is 2.08 bits per heavy atom. The minimum Gasteiger partial charge on any atom is -0.452 e. The highest BCUT2D eigenvalue weighted by atomic mass is 31.2. The van der Waals surface area contributed by atoms with E-state index < -0.39 is 13.6 Å². The van der Waals surface area contributed by atoms with Gasteiger partial charge in [0.05, 0.1) is 5.92 Å². The first-order valence-corrected chi connectivity index (χ1v) is 5.55. The molecule has 0 fully saturated rings. The molecule has 0 unspecified atom stereocenters. The van der Waals surface area contributed by atoms with Crippen LogP contribution in [0, 0.1) is 5.92 Å². The number of ether oxygens (including phenoxy) is 1. The smallest absolute Gasteiger partial charge is 0.367 e. The van der Waals surface area contributed by atoms with E-state index in [1.807, 2.05) is 0 Å². The van der Waals surface area contributed by atoms with E-state index in [4.69, 9.17) is 4.74 Å². The van der Waals surface area contributed by atoms with Gasteiger partial charge >= 0.3 is 13.6 Å². The van der Waals surface area contributed by atoms with E-state index in [2.05, 4.69) is 9.05 Å². The molecule has 0 bridgehead atoms. The number of rotatable bonds is 5. The average molecular weight is 210 g/mol. The first-order valence-electron chi connectivity index (χ1n) is 3.82. The van der Waals surface area contributed by atoms with Gasteiger partial charge in [-0.2, -0.15) is 0 Å². The summed E-state index contributed by atoms with van der Waals surface area (Å²) in [6.45, 7) is 3.37. The molecule has 0 saturated heterocycles. The van der Waals surface area contributed by atoms with Crippen LogP contribution in [0.25, 0.3) is 0 Å². The van der Waals surface area contributed by atoms with Gasteiger partial charge in [-0.25, -0.2) is 0 Å². The fourth-order valence-electron chi connectivity index (χ4n) is 0.489. The Morgan fingerprint density at radius 2 is 1.77 bits per heavy atom. The Labute approximate surface area is 77.9 Å². The summed E-state index contributed by atoms with van der Waals surface area (Å²) in [5, 5.41) is 0. The zero-order valence-electron chi connectivity index (χ0n) is 8.27. The number of esters is 1. The summed E-state index contributed by atoms with van der Waals surface area (Å²) in [6, 6.07) is 0. The van der Waals surface area contributed by atoms with Crippen LogP contribution < -0.4 is 0 Å². The Morgan fingerprint density at radius 1 is 1.31 bits per heavy atom. The van der Waals surface area contributed by atoms with Gasteiger partial charge in [0.1, 0.15) is 0 Å². The zero-order chi connectivity index (χ0) is 10.5. The minimum absolute atomic E-state index is 0.248. The summed E-state index contributed by atoms with van der Waals surface area (Å²) in [7, 11) is -0.731. The molecule has 0 aliphatic heterocycles.